The van der Waals surface area contributed by atoms with Crippen LogP contribution in [0.2, 0.25) is 0 Å². The van der Waals surface area contributed by atoms with E-state index in [1.54, 1.807) is 23.6 Å². The Morgan fingerprint density at radius 3 is 3.00 bits per heavy atom. The molecule has 1 fully saturated rings. The van der Waals surface area contributed by atoms with E-state index in [1.165, 1.54) is 18.4 Å². The topological polar surface area (TPSA) is 68.6 Å². The van der Waals surface area contributed by atoms with E-state index in [-0.39, 0.29) is 11.2 Å². The van der Waals surface area contributed by atoms with Gasteiger partial charge >= 0.3 is 5.97 Å². The maximum Gasteiger partial charge on any atom is 0.320 e. The van der Waals surface area contributed by atoms with Crippen molar-refractivity contribution in [3.8, 4) is 5.75 Å². The van der Waals surface area contributed by atoms with Gasteiger partial charge in [-0.25, -0.2) is 4.68 Å². The quantitative estimate of drug-likeness (QED) is 0.574. The Morgan fingerprint density at radius 1 is 1.42 bits per heavy atom. The molecule has 2 aromatic rings. The Kier molecular flexibility index (Phi) is 6.52. The molecule has 0 unspecified atom stereocenters. The number of ether oxygens (including phenoxy) is 2. The van der Waals surface area contributed by atoms with Gasteiger partial charge in [-0.3, -0.25) is 9.69 Å². The summed E-state index contributed by atoms with van der Waals surface area (Å²) in [6.07, 6.45) is 0. The van der Waals surface area contributed by atoms with Crippen LogP contribution in [0.3, 0.4) is 0 Å². The molecule has 0 aliphatic carbocycles. The number of methoxy groups -OCH3 is 2. The third kappa shape index (κ3) is 4.56. The molecule has 1 aliphatic heterocycles. The molecule has 1 aromatic carbocycles. The maximum atomic E-state index is 11.8. The van der Waals surface area contributed by atoms with Gasteiger partial charge in [-0.05, 0) is 24.4 Å². The maximum absolute atomic E-state index is 11.8. The first-order chi connectivity index (χ1) is 12.6. The number of benzene rings is 1. The van der Waals surface area contributed by atoms with Crippen LogP contribution in [0.1, 0.15) is 0 Å². The highest BCUT2D eigenvalue weighted by atomic mass is 32.2. The van der Waals surface area contributed by atoms with E-state index < -0.39 is 0 Å². The van der Waals surface area contributed by atoms with Crippen molar-refractivity contribution in [3.63, 3.8) is 0 Å². The molecule has 7 nitrogen and oxygen atoms in total. The van der Waals surface area contributed by atoms with Crippen molar-refractivity contribution < 1.29 is 14.3 Å². The van der Waals surface area contributed by atoms with Gasteiger partial charge in [-0.15, -0.1) is 16.9 Å². The van der Waals surface area contributed by atoms with Gasteiger partial charge in [0.1, 0.15) is 11.0 Å². The smallest absolute Gasteiger partial charge is 0.320 e. The normalized spacial score (nSPS) is 17.7. The molecule has 26 heavy (non-hydrogen) atoms. The van der Waals surface area contributed by atoms with Crippen LogP contribution < -0.4 is 10.1 Å². The molecule has 0 saturated carbocycles. The lowest BCUT2D eigenvalue weighted by Gasteiger charge is -2.30. The number of esters is 1. The Bertz CT molecular complexity index is 823. The zero-order valence-corrected chi connectivity index (χ0v) is 17.0. The monoisotopic (exact) mass is 412 g/mol. The third-order valence-electron chi connectivity index (χ3n) is 3.90. The lowest BCUT2D eigenvalue weighted by Crippen LogP contribution is -2.42. The van der Waals surface area contributed by atoms with Gasteiger partial charge in [-0.1, -0.05) is 23.5 Å². The molecule has 1 saturated heterocycles. The molecule has 0 radical (unpaired) electrons. The van der Waals surface area contributed by atoms with Crippen molar-refractivity contribution in [2.24, 2.45) is 0 Å². The number of nitrogens with zero attached hydrogens (tertiary/aromatic N) is 3. The molecule has 2 heterocycles. The first-order valence-electron chi connectivity index (χ1n) is 8.00. The minimum atomic E-state index is -0.180. The minimum Gasteiger partial charge on any atom is -0.495 e. The number of rotatable bonds is 6. The summed E-state index contributed by atoms with van der Waals surface area (Å²) < 4.78 is 12.7. The van der Waals surface area contributed by atoms with Gasteiger partial charge < -0.3 is 14.8 Å². The van der Waals surface area contributed by atoms with Crippen LogP contribution in [0, 0.1) is 3.95 Å². The summed E-state index contributed by atoms with van der Waals surface area (Å²) in [5.41, 5.74) is 0.839. The molecule has 1 aromatic heterocycles. The van der Waals surface area contributed by atoms with E-state index >= 15 is 0 Å². The fraction of sp³-hybridized carbons (Fsp3) is 0.438. The fourth-order valence-corrected chi connectivity index (χ4v) is 4.81. The van der Waals surface area contributed by atoms with Crippen LogP contribution in [0.4, 0.5) is 10.8 Å². The molecule has 10 heteroatoms. The highest BCUT2D eigenvalue weighted by molar-refractivity contribution is 8.00. The highest BCUT2D eigenvalue weighted by Crippen LogP contribution is 2.28. The number of nitrogens with one attached hydrogen (secondary N) is 1. The average molecular weight is 413 g/mol. The Hall–Kier alpha value is -1.62. The number of para-hydroxylation sites is 2. The van der Waals surface area contributed by atoms with E-state index in [0.717, 1.165) is 23.7 Å². The van der Waals surface area contributed by atoms with Crippen LogP contribution in [0.15, 0.2) is 24.3 Å². The number of hydrogen-bond donors (Lipinski definition) is 1. The summed E-state index contributed by atoms with van der Waals surface area (Å²) in [5.74, 6) is 1.44. The van der Waals surface area contributed by atoms with Crippen LogP contribution in [0.5, 0.6) is 5.75 Å². The zero-order chi connectivity index (χ0) is 18.5. The van der Waals surface area contributed by atoms with Gasteiger partial charge in [0.05, 0.1) is 26.6 Å². The minimum absolute atomic E-state index is 0.160. The van der Waals surface area contributed by atoms with Crippen LogP contribution in [0.25, 0.3) is 0 Å². The van der Waals surface area contributed by atoms with E-state index in [2.05, 4.69) is 15.3 Å². The van der Waals surface area contributed by atoms with Gasteiger partial charge in [0.2, 0.25) is 5.13 Å². The Balaban J connectivity index is 1.68. The number of aromatic nitrogens is 2. The predicted molar refractivity (Wildman–Crippen MR) is 107 cm³/mol. The van der Waals surface area contributed by atoms with Gasteiger partial charge in [0.15, 0.2) is 3.95 Å². The SMILES string of the molecule is COC(=O)[C@@H]1CN(Cn2nc(Nc3ccccc3OC)sc2=S)CCS1. The van der Waals surface area contributed by atoms with Crippen LogP contribution in [-0.4, -0.2) is 59.0 Å². The molecule has 140 valence electrons. The molecule has 3 rings (SSSR count). The van der Waals surface area contributed by atoms with Crippen molar-refractivity contribution in [1.29, 1.82) is 0 Å². The molecule has 1 atom stereocenters. The first kappa shape index (κ1) is 19.2. The summed E-state index contributed by atoms with van der Waals surface area (Å²) in [6.45, 7) is 2.07. The number of carbonyl (C=O) groups is 1. The Labute approximate surface area is 165 Å². The van der Waals surface area contributed by atoms with E-state index in [4.69, 9.17) is 21.7 Å². The number of thioether (sulfide) groups is 1. The van der Waals surface area contributed by atoms with E-state index in [1.807, 2.05) is 24.3 Å². The second-order valence-electron chi connectivity index (χ2n) is 5.60. The van der Waals surface area contributed by atoms with Crippen molar-refractivity contribution in [1.82, 2.24) is 14.7 Å². The van der Waals surface area contributed by atoms with Crippen molar-refractivity contribution in [2.75, 3.05) is 38.4 Å². The largest absolute Gasteiger partial charge is 0.495 e. The number of anilines is 2. The van der Waals surface area contributed by atoms with Crippen molar-refractivity contribution in [3.05, 3.63) is 28.2 Å². The van der Waals surface area contributed by atoms with E-state index in [0.29, 0.717) is 22.3 Å². The summed E-state index contributed by atoms with van der Waals surface area (Å²) in [6, 6.07) is 7.66. The number of carbonyl (C=O) groups excluding carboxylic acids is 1. The first-order valence-corrected chi connectivity index (χ1v) is 10.3. The van der Waals surface area contributed by atoms with E-state index in [9.17, 15) is 4.79 Å². The van der Waals surface area contributed by atoms with Crippen LogP contribution >= 0.6 is 35.3 Å². The summed E-state index contributed by atoms with van der Waals surface area (Å²) in [7, 11) is 3.06. The Morgan fingerprint density at radius 2 is 2.23 bits per heavy atom. The highest BCUT2D eigenvalue weighted by Gasteiger charge is 2.27. The lowest BCUT2D eigenvalue weighted by molar-refractivity contribution is -0.140. The standard InChI is InChI=1S/C16H20N4O3S3/c1-22-12-6-4-3-5-11(12)17-15-18-20(16(24)26-15)10-19-7-8-25-13(9-19)14(21)23-2/h3-6,13H,7-10H2,1-2H3,(H,17,18)/t13-/m0/s1. The van der Waals surface area contributed by atoms with Crippen LogP contribution in [-0.2, 0) is 16.2 Å². The predicted octanol–water partition coefficient (Wildman–Crippen LogP) is 2.97. The second kappa shape index (κ2) is 8.85. The summed E-state index contributed by atoms with van der Waals surface area (Å²) in [5, 5.41) is 8.37. The molecular formula is C16H20N4O3S3. The van der Waals surface area contributed by atoms with Gasteiger partial charge in [0.25, 0.3) is 0 Å². The molecule has 0 amide bonds. The fourth-order valence-electron chi connectivity index (χ4n) is 2.60. The second-order valence-corrected chi connectivity index (χ2v) is 8.53. The lowest BCUT2D eigenvalue weighted by atomic mass is 10.3. The van der Waals surface area contributed by atoms with Crippen molar-refractivity contribution in [2.45, 2.75) is 11.9 Å². The molecule has 0 spiro atoms. The number of hydrogen-bond acceptors (Lipinski definition) is 9. The molecule has 1 N–H and O–H groups in total. The summed E-state index contributed by atoms with van der Waals surface area (Å²) >= 11 is 8.48. The molecule has 1 aliphatic rings. The van der Waals surface area contributed by atoms with Gasteiger partial charge in [-0.2, -0.15) is 0 Å². The van der Waals surface area contributed by atoms with Crippen molar-refractivity contribution >= 4 is 52.1 Å². The zero-order valence-electron chi connectivity index (χ0n) is 14.5. The third-order valence-corrected chi connectivity index (χ3v) is 6.29. The van der Waals surface area contributed by atoms with Gasteiger partial charge in [0, 0.05) is 18.8 Å². The summed E-state index contributed by atoms with van der Waals surface area (Å²) in [4.78, 5) is 13.9. The average Bonchev–Trinajstić information content (AvgIpc) is 3.00. The molecular weight excluding hydrogens is 392 g/mol. The molecule has 0 bridgehead atoms.